The van der Waals surface area contributed by atoms with Gasteiger partial charge in [-0.05, 0) is 33.9 Å². The Hall–Kier alpha value is -7.60. The summed E-state index contributed by atoms with van der Waals surface area (Å²) in [5, 5.41) is 87.7. The van der Waals surface area contributed by atoms with E-state index >= 15 is 0 Å². The third-order valence-electron chi connectivity index (χ3n) is 9.74. The quantitative estimate of drug-likeness (QED) is 0.0503. The molecule has 0 saturated carbocycles. The SMILES string of the molecule is [B]c1c(O)c2c(oc3c(O)c(O)c(-c4ccc(-c5nc(-c6ccccc6)cc(-c6ccccc6)n5)c5ccccc45)c(O)c32)c2c(O)c(O)c(O)c(O)c12. The molecule has 0 bridgehead atoms. The molecular formula is C42H25BN2O9. The average molecular weight is 712 g/mol. The van der Waals surface area contributed by atoms with Crippen LogP contribution in [0.1, 0.15) is 0 Å². The minimum absolute atomic E-state index is 0.229. The summed E-state index contributed by atoms with van der Waals surface area (Å²) in [6, 6.07) is 31.9. The van der Waals surface area contributed by atoms with Gasteiger partial charge in [-0.1, -0.05) is 91.0 Å². The molecule has 0 aliphatic carbocycles. The van der Waals surface area contributed by atoms with Gasteiger partial charge in [-0.3, -0.25) is 0 Å². The van der Waals surface area contributed by atoms with Crippen molar-refractivity contribution in [3.63, 3.8) is 0 Å². The maximum atomic E-state index is 12.0. The van der Waals surface area contributed by atoms with Crippen LogP contribution in [-0.4, -0.2) is 58.7 Å². The highest BCUT2D eigenvalue weighted by atomic mass is 16.4. The van der Waals surface area contributed by atoms with Gasteiger partial charge in [0, 0.05) is 22.1 Å². The van der Waals surface area contributed by atoms with E-state index in [1.54, 1.807) is 24.3 Å². The van der Waals surface area contributed by atoms with Crippen LogP contribution < -0.4 is 5.46 Å². The lowest BCUT2D eigenvalue weighted by Gasteiger charge is -2.16. The lowest BCUT2D eigenvalue weighted by Crippen LogP contribution is -2.06. The van der Waals surface area contributed by atoms with Crippen molar-refractivity contribution in [2.75, 3.05) is 0 Å². The number of hydrogen-bond acceptors (Lipinski definition) is 11. The Kier molecular flexibility index (Phi) is 7.01. The van der Waals surface area contributed by atoms with Gasteiger partial charge in [0.1, 0.15) is 19.3 Å². The predicted octanol–water partition coefficient (Wildman–Crippen LogP) is 7.79. The lowest BCUT2D eigenvalue weighted by atomic mass is 9.85. The van der Waals surface area contributed by atoms with E-state index < -0.39 is 73.4 Å². The minimum atomic E-state index is -1.11. The second kappa shape index (κ2) is 11.7. The summed E-state index contributed by atoms with van der Waals surface area (Å²) in [6.45, 7) is 0. The zero-order valence-corrected chi connectivity index (χ0v) is 27.8. The summed E-state index contributed by atoms with van der Waals surface area (Å²) < 4.78 is 5.81. The van der Waals surface area contributed by atoms with Crippen LogP contribution in [0.5, 0.6) is 46.0 Å². The Labute approximate surface area is 305 Å². The maximum absolute atomic E-state index is 12.0. The van der Waals surface area contributed by atoms with Gasteiger partial charge < -0.3 is 45.3 Å². The predicted molar refractivity (Wildman–Crippen MR) is 205 cm³/mol. The van der Waals surface area contributed by atoms with Crippen LogP contribution in [-0.2, 0) is 0 Å². The summed E-state index contributed by atoms with van der Waals surface area (Å²) in [4.78, 5) is 9.93. The number of phenols is 8. The van der Waals surface area contributed by atoms with Crippen LogP contribution in [0.3, 0.4) is 0 Å². The second-order valence-corrected chi connectivity index (χ2v) is 12.7. The Balaban J connectivity index is 1.32. The number of benzene rings is 7. The number of aromatic hydroxyl groups is 8. The Morgan fingerprint density at radius 2 is 0.907 bits per heavy atom. The summed E-state index contributed by atoms with van der Waals surface area (Å²) in [7, 11) is 6.17. The number of furan rings is 1. The van der Waals surface area contributed by atoms with Gasteiger partial charge in [0.05, 0.1) is 33.1 Å². The lowest BCUT2D eigenvalue weighted by molar-refractivity contribution is 0.351. The van der Waals surface area contributed by atoms with E-state index in [2.05, 4.69) is 0 Å². The molecule has 0 amide bonds. The molecular weight excluding hydrogens is 687 g/mol. The van der Waals surface area contributed by atoms with Crippen LogP contribution in [0, 0.1) is 0 Å². The summed E-state index contributed by atoms with van der Waals surface area (Å²) in [5.41, 5.74) is 2.37. The molecule has 0 saturated heterocycles. The molecule has 2 aromatic heterocycles. The van der Waals surface area contributed by atoms with Gasteiger partial charge >= 0.3 is 0 Å². The highest BCUT2D eigenvalue weighted by Gasteiger charge is 2.32. The first-order chi connectivity index (χ1) is 26.1. The number of phenolic OH excluding ortho intramolecular Hbond substituents is 8. The van der Waals surface area contributed by atoms with Crippen molar-refractivity contribution >= 4 is 56.8 Å². The zero-order chi connectivity index (χ0) is 37.6. The standard InChI is InChI=1S/C42H25BN2O9/c43-31-27-28(36(50)38(52)37(51)35(27)49)40-30(33(31)47)29-32(46)26(34(48)39(53)41(29)54-40)22-15-16-23(21-14-8-7-13-20(21)22)42-44-24(18-9-3-1-4-10-18)17-25(45-42)19-11-5-2-6-12-19/h1-17,46-53H. The molecule has 11 nitrogen and oxygen atoms in total. The molecule has 7 aromatic carbocycles. The van der Waals surface area contributed by atoms with Crippen LogP contribution >= 0.6 is 0 Å². The number of rotatable bonds is 4. The maximum Gasteiger partial charge on any atom is 0.205 e. The molecule has 12 heteroatoms. The molecule has 0 fully saturated rings. The molecule has 2 heterocycles. The molecule has 9 aromatic rings. The largest absolute Gasteiger partial charge is 0.508 e. The van der Waals surface area contributed by atoms with Crippen molar-refractivity contribution in [2.45, 2.75) is 0 Å². The molecule has 0 atom stereocenters. The zero-order valence-electron chi connectivity index (χ0n) is 27.8. The fraction of sp³-hybridized carbons (Fsp3) is 0. The summed E-state index contributed by atoms with van der Waals surface area (Å²) in [5.74, 6) is -6.70. The Morgan fingerprint density at radius 3 is 1.50 bits per heavy atom. The average Bonchev–Trinajstić information content (AvgIpc) is 3.61. The van der Waals surface area contributed by atoms with Crippen LogP contribution in [0.15, 0.2) is 108 Å². The van der Waals surface area contributed by atoms with Crippen molar-refractivity contribution < 1.29 is 45.3 Å². The van der Waals surface area contributed by atoms with Gasteiger partial charge in [-0.25, -0.2) is 9.97 Å². The van der Waals surface area contributed by atoms with Crippen LogP contribution in [0.2, 0.25) is 0 Å². The van der Waals surface area contributed by atoms with Crippen molar-refractivity contribution in [3.8, 4) is 91.0 Å². The van der Waals surface area contributed by atoms with Crippen molar-refractivity contribution in [2.24, 2.45) is 0 Å². The molecule has 2 radical (unpaired) electrons. The van der Waals surface area contributed by atoms with E-state index in [-0.39, 0.29) is 21.9 Å². The molecule has 0 aliphatic heterocycles. The minimum Gasteiger partial charge on any atom is -0.508 e. The van der Waals surface area contributed by atoms with Crippen molar-refractivity contribution in [1.29, 1.82) is 0 Å². The van der Waals surface area contributed by atoms with Gasteiger partial charge in [-0.2, -0.15) is 0 Å². The first kappa shape index (κ1) is 32.3. The second-order valence-electron chi connectivity index (χ2n) is 12.7. The van der Waals surface area contributed by atoms with E-state index in [4.69, 9.17) is 22.2 Å². The topological polar surface area (TPSA) is 201 Å². The first-order valence-electron chi connectivity index (χ1n) is 16.5. The monoisotopic (exact) mass is 712 g/mol. The number of nitrogens with zero attached hydrogens (tertiary/aromatic N) is 2. The van der Waals surface area contributed by atoms with E-state index in [9.17, 15) is 40.9 Å². The molecule has 0 spiro atoms. The molecule has 260 valence electrons. The van der Waals surface area contributed by atoms with Gasteiger partial charge in [0.2, 0.25) is 17.2 Å². The smallest absolute Gasteiger partial charge is 0.205 e. The highest BCUT2D eigenvalue weighted by Crippen LogP contribution is 2.58. The van der Waals surface area contributed by atoms with E-state index in [1.165, 1.54) is 0 Å². The molecule has 0 aliphatic rings. The van der Waals surface area contributed by atoms with E-state index in [0.717, 1.165) is 11.1 Å². The van der Waals surface area contributed by atoms with E-state index in [1.807, 2.05) is 78.9 Å². The first-order valence-corrected chi connectivity index (χ1v) is 16.5. The number of hydrogen-bond donors (Lipinski definition) is 8. The highest BCUT2D eigenvalue weighted by molar-refractivity contribution is 6.46. The third-order valence-corrected chi connectivity index (χ3v) is 9.74. The summed E-state index contributed by atoms with van der Waals surface area (Å²) >= 11 is 0. The van der Waals surface area contributed by atoms with E-state index in [0.29, 0.717) is 33.5 Å². The summed E-state index contributed by atoms with van der Waals surface area (Å²) in [6.07, 6.45) is 0. The molecule has 0 unspecified atom stereocenters. The molecule has 8 N–H and O–H groups in total. The fourth-order valence-corrected chi connectivity index (χ4v) is 7.17. The third kappa shape index (κ3) is 4.50. The van der Waals surface area contributed by atoms with Crippen LogP contribution in [0.4, 0.5) is 0 Å². The van der Waals surface area contributed by atoms with Crippen molar-refractivity contribution in [1.82, 2.24) is 9.97 Å². The fourth-order valence-electron chi connectivity index (χ4n) is 7.17. The Morgan fingerprint density at radius 1 is 0.426 bits per heavy atom. The van der Waals surface area contributed by atoms with Crippen molar-refractivity contribution in [3.05, 3.63) is 103 Å². The van der Waals surface area contributed by atoms with Crippen LogP contribution in [0.25, 0.3) is 88.5 Å². The van der Waals surface area contributed by atoms with Gasteiger partial charge in [0.15, 0.2) is 34.2 Å². The van der Waals surface area contributed by atoms with Gasteiger partial charge in [-0.15, -0.1) is 0 Å². The molecule has 9 rings (SSSR count). The van der Waals surface area contributed by atoms with Gasteiger partial charge in [0.25, 0.3) is 0 Å². The molecule has 54 heavy (non-hydrogen) atoms. The number of fused-ring (bicyclic) bond motifs is 6. The normalized spacial score (nSPS) is 11.6. The number of aromatic nitrogens is 2. The Bertz CT molecular complexity index is 2980.